The Morgan fingerprint density at radius 3 is 2.92 bits per heavy atom. The molecule has 0 aliphatic carbocycles. The average Bonchev–Trinajstić information content (AvgIpc) is 2.33. The predicted molar refractivity (Wildman–Crippen MR) is 45.7 cm³/mol. The highest BCUT2D eigenvalue weighted by Gasteiger charge is 2.27. The molecule has 1 saturated heterocycles. The number of carbonyl (C=O) groups is 1. The van der Waals surface area contributed by atoms with Crippen molar-refractivity contribution in [1.29, 1.82) is 0 Å². The van der Waals surface area contributed by atoms with E-state index < -0.39 is 0 Å². The molecule has 2 atom stereocenters. The second kappa shape index (κ2) is 3.87. The fraction of sp³-hybridized carbons (Fsp3) is 0.875. The second-order valence-corrected chi connectivity index (χ2v) is 3.38. The van der Waals surface area contributed by atoms with Crippen molar-refractivity contribution in [2.75, 3.05) is 20.1 Å². The van der Waals surface area contributed by atoms with Gasteiger partial charge in [0.25, 0.3) is 0 Å². The van der Waals surface area contributed by atoms with Crippen molar-refractivity contribution in [2.45, 2.75) is 25.5 Å². The van der Waals surface area contributed by atoms with Crippen molar-refractivity contribution >= 4 is 5.91 Å². The van der Waals surface area contributed by atoms with Crippen molar-refractivity contribution in [3.05, 3.63) is 0 Å². The zero-order valence-corrected chi connectivity index (χ0v) is 7.58. The van der Waals surface area contributed by atoms with E-state index in [1.807, 2.05) is 11.9 Å². The Kier molecular flexibility index (Phi) is 3.05. The monoisotopic (exact) mass is 172 g/mol. The van der Waals surface area contributed by atoms with Gasteiger partial charge in [-0.1, -0.05) is 0 Å². The zero-order chi connectivity index (χ0) is 9.14. The molecule has 1 amide bonds. The van der Waals surface area contributed by atoms with Gasteiger partial charge in [0, 0.05) is 13.1 Å². The Morgan fingerprint density at radius 1 is 1.83 bits per heavy atom. The molecule has 0 saturated carbocycles. The normalized spacial score (nSPS) is 26.0. The summed E-state index contributed by atoms with van der Waals surface area (Å²) in [5, 5.41) is 11.9. The van der Waals surface area contributed by atoms with E-state index in [4.69, 9.17) is 5.11 Å². The lowest BCUT2D eigenvalue weighted by molar-refractivity contribution is -0.123. The Morgan fingerprint density at radius 2 is 2.50 bits per heavy atom. The lowest BCUT2D eigenvalue weighted by atomic mass is 10.2. The highest BCUT2D eigenvalue weighted by atomic mass is 16.3. The van der Waals surface area contributed by atoms with Crippen molar-refractivity contribution < 1.29 is 9.90 Å². The van der Waals surface area contributed by atoms with Gasteiger partial charge in [0.15, 0.2) is 0 Å². The van der Waals surface area contributed by atoms with Crippen molar-refractivity contribution in [1.82, 2.24) is 10.2 Å². The SMILES string of the molecule is C[C@H](O)CN(C)C1CCNC1=O. The van der Waals surface area contributed by atoms with Crippen molar-refractivity contribution in [3.63, 3.8) is 0 Å². The topological polar surface area (TPSA) is 52.6 Å². The smallest absolute Gasteiger partial charge is 0.237 e. The molecule has 1 unspecified atom stereocenters. The molecular weight excluding hydrogens is 156 g/mol. The fourth-order valence-electron chi connectivity index (χ4n) is 1.55. The van der Waals surface area contributed by atoms with E-state index in [1.165, 1.54) is 0 Å². The molecule has 4 heteroatoms. The summed E-state index contributed by atoms with van der Waals surface area (Å²) in [5.74, 6) is 0.0816. The largest absolute Gasteiger partial charge is 0.392 e. The molecular formula is C8H16N2O2. The third-order valence-corrected chi connectivity index (χ3v) is 2.10. The first-order valence-corrected chi connectivity index (χ1v) is 4.27. The van der Waals surface area contributed by atoms with Gasteiger partial charge in [0.1, 0.15) is 0 Å². The minimum atomic E-state index is -0.372. The Bertz CT molecular complexity index is 170. The first kappa shape index (κ1) is 9.48. The number of carbonyl (C=O) groups excluding carboxylic acids is 1. The van der Waals surface area contributed by atoms with E-state index in [0.29, 0.717) is 6.54 Å². The van der Waals surface area contributed by atoms with Crippen LogP contribution in [0.25, 0.3) is 0 Å². The van der Waals surface area contributed by atoms with E-state index in [2.05, 4.69) is 5.32 Å². The zero-order valence-electron chi connectivity index (χ0n) is 7.58. The number of hydrogen-bond acceptors (Lipinski definition) is 3. The number of nitrogens with one attached hydrogen (secondary N) is 1. The van der Waals surface area contributed by atoms with Gasteiger partial charge in [-0.25, -0.2) is 0 Å². The summed E-state index contributed by atoms with van der Waals surface area (Å²) < 4.78 is 0. The van der Waals surface area contributed by atoms with E-state index in [0.717, 1.165) is 13.0 Å². The maximum Gasteiger partial charge on any atom is 0.237 e. The summed E-state index contributed by atoms with van der Waals surface area (Å²) in [6, 6.07) is -0.0420. The minimum absolute atomic E-state index is 0.0420. The molecule has 0 spiro atoms. The van der Waals surface area contributed by atoms with Gasteiger partial charge in [0.2, 0.25) is 5.91 Å². The summed E-state index contributed by atoms with van der Waals surface area (Å²) in [6.45, 7) is 3.04. The van der Waals surface area contributed by atoms with E-state index in [9.17, 15) is 4.79 Å². The molecule has 0 aromatic carbocycles. The van der Waals surface area contributed by atoms with Crippen LogP contribution in [-0.2, 0) is 4.79 Å². The number of nitrogens with zero attached hydrogens (tertiary/aromatic N) is 1. The first-order valence-electron chi connectivity index (χ1n) is 4.27. The molecule has 1 fully saturated rings. The summed E-state index contributed by atoms with van der Waals surface area (Å²) in [5.41, 5.74) is 0. The standard InChI is InChI=1S/C8H16N2O2/c1-6(11)5-10(2)7-3-4-9-8(7)12/h6-7,11H,3-5H2,1-2H3,(H,9,12)/t6-,7?/m0/s1. The van der Waals surface area contributed by atoms with Crippen LogP contribution < -0.4 is 5.32 Å². The van der Waals surface area contributed by atoms with Gasteiger partial charge < -0.3 is 10.4 Å². The summed E-state index contributed by atoms with van der Waals surface area (Å²) >= 11 is 0. The highest BCUT2D eigenvalue weighted by Crippen LogP contribution is 2.07. The van der Waals surface area contributed by atoms with Crippen LogP contribution in [0.1, 0.15) is 13.3 Å². The highest BCUT2D eigenvalue weighted by molar-refractivity contribution is 5.83. The summed E-state index contributed by atoms with van der Waals surface area (Å²) in [7, 11) is 1.86. The van der Waals surface area contributed by atoms with Gasteiger partial charge in [-0.05, 0) is 20.4 Å². The molecule has 0 bridgehead atoms. The summed E-state index contributed by atoms with van der Waals surface area (Å²) in [6.07, 6.45) is 0.477. The van der Waals surface area contributed by atoms with Crippen LogP contribution in [0.5, 0.6) is 0 Å². The van der Waals surface area contributed by atoms with Crippen LogP contribution in [0.15, 0.2) is 0 Å². The second-order valence-electron chi connectivity index (χ2n) is 3.38. The molecule has 1 heterocycles. The number of rotatable bonds is 3. The average molecular weight is 172 g/mol. The molecule has 0 radical (unpaired) electrons. The van der Waals surface area contributed by atoms with Gasteiger partial charge >= 0.3 is 0 Å². The number of hydrogen-bond donors (Lipinski definition) is 2. The third-order valence-electron chi connectivity index (χ3n) is 2.10. The number of amides is 1. The Hall–Kier alpha value is -0.610. The quantitative estimate of drug-likeness (QED) is 0.585. The van der Waals surface area contributed by atoms with E-state index in [-0.39, 0.29) is 18.1 Å². The molecule has 1 aliphatic heterocycles. The van der Waals surface area contributed by atoms with Gasteiger partial charge in [-0.3, -0.25) is 9.69 Å². The van der Waals surface area contributed by atoms with E-state index in [1.54, 1.807) is 6.92 Å². The number of aliphatic hydroxyl groups is 1. The first-order chi connectivity index (χ1) is 5.61. The van der Waals surface area contributed by atoms with Crippen LogP contribution >= 0.6 is 0 Å². The predicted octanol–water partition coefficient (Wildman–Crippen LogP) is -0.812. The van der Waals surface area contributed by atoms with Crippen LogP contribution in [0.3, 0.4) is 0 Å². The summed E-state index contributed by atoms with van der Waals surface area (Å²) in [4.78, 5) is 13.1. The van der Waals surface area contributed by atoms with Gasteiger partial charge in [-0.2, -0.15) is 0 Å². The third kappa shape index (κ3) is 2.19. The molecule has 2 N–H and O–H groups in total. The number of likely N-dealkylation sites (N-methyl/N-ethyl adjacent to an activating group) is 1. The maximum atomic E-state index is 11.2. The molecule has 1 rings (SSSR count). The maximum absolute atomic E-state index is 11.2. The van der Waals surface area contributed by atoms with E-state index >= 15 is 0 Å². The van der Waals surface area contributed by atoms with Gasteiger partial charge in [-0.15, -0.1) is 0 Å². The number of aliphatic hydroxyl groups excluding tert-OH is 1. The minimum Gasteiger partial charge on any atom is -0.392 e. The Balaban J connectivity index is 2.40. The van der Waals surface area contributed by atoms with Crippen LogP contribution in [0.2, 0.25) is 0 Å². The van der Waals surface area contributed by atoms with Gasteiger partial charge in [0.05, 0.1) is 12.1 Å². The molecule has 0 aromatic heterocycles. The molecule has 12 heavy (non-hydrogen) atoms. The lowest BCUT2D eigenvalue weighted by Crippen LogP contribution is -2.41. The van der Waals surface area contributed by atoms with Crippen LogP contribution in [-0.4, -0.2) is 48.2 Å². The molecule has 4 nitrogen and oxygen atoms in total. The lowest BCUT2D eigenvalue weighted by Gasteiger charge is -2.22. The van der Waals surface area contributed by atoms with Crippen molar-refractivity contribution in [2.24, 2.45) is 0 Å². The Labute approximate surface area is 72.6 Å². The molecule has 70 valence electrons. The fourth-order valence-corrected chi connectivity index (χ4v) is 1.55. The van der Waals surface area contributed by atoms with Crippen molar-refractivity contribution in [3.8, 4) is 0 Å². The van der Waals surface area contributed by atoms with Crippen LogP contribution in [0, 0.1) is 0 Å². The molecule has 0 aromatic rings. The molecule has 1 aliphatic rings. The van der Waals surface area contributed by atoms with Crippen LogP contribution in [0.4, 0.5) is 0 Å².